The number of fused-ring (bicyclic) bond motifs is 1. The Balaban J connectivity index is 1.29. The molecule has 3 aromatic rings. The van der Waals surface area contributed by atoms with E-state index in [0.29, 0.717) is 29.2 Å². The summed E-state index contributed by atoms with van der Waals surface area (Å²) in [5, 5.41) is 9.84. The lowest BCUT2D eigenvalue weighted by molar-refractivity contribution is -0.114. The fraction of sp³-hybridized carbons (Fsp3) is 0.120. The van der Waals surface area contributed by atoms with Gasteiger partial charge in [0, 0.05) is 17.6 Å². The van der Waals surface area contributed by atoms with Crippen LogP contribution in [0.5, 0.6) is 5.75 Å². The summed E-state index contributed by atoms with van der Waals surface area (Å²) in [5.41, 5.74) is 2.21. The molecule has 0 spiro atoms. The smallest absolute Gasteiger partial charge is 0.283 e. The molecule has 1 aromatic heterocycles. The summed E-state index contributed by atoms with van der Waals surface area (Å²) in [4.78, 5) is 18.6. The predicted molar refractivity (Wildman–Crippen MR) is 139 cm³/mol. The van der Waals surface area contributed by atoms with Crippen molar-refractivity contribution in [1.82, 2.24) is 9.47 Å². The number of carbonyl (C=O) groups is 1. The highest BCUT2D eigenvalue weighted by Gasteiger charge is 2.37. The van der Waals surface area contributed by atoms with E-state index in [1.807, 2.05) is 71.4 Å². The van der Waals surface area contributed by atoms with Gasteiger partial charge in [0.05, 0.1) is 24.1 Å². The lowest BCUT2D eigenvalue weighted by atomic mass is 10.1. The van der Waals surface area contributed by atoms with E-state index >= 15 is 0 Å². The molecule has 9 heteroatoms. The minimum atomic E-state index is -0.429. The Morgan fingerprint density at radius 2 is 1.79 bits per heavy atom. The van der Waals surface area contributed by atoms with E-state index in [0.717, 1.165) is 29.0 Å². The zero-order chi connectivity index (χ0) is 23.3. The van der Waals surface area contributed by atoms with Crippen molar-refractivity contribution < 1.29 is 9.53 Å². The zero-order valence-electron chi connectivity index (χ0n) is 18.1. The van der Waals surface area contributed by atoms with E-state index < -0.39 is 5.91 Å². The predicted octanol–water partition coefficient (Wildman–Crippen LogP) is 5.08. The lowest BCUT2D eigenvalue weighted by Crippen LogP contribution is -2.41. The number of nitrogens with one attached hydrogen (secondary N) is 1. The van der Waals surface area contributed by atoms with Gasteiger partial charge >= 0.3 is 0 Å². The molecular weight excluding hydrogens is 466 g/mol. The fourth-order valence-electron chi connectivity index (χ4n) is 3.51. The van der Waals surface area contributed by atoms with E-state index in [4.69, 9.17) is 10.1 Å². The van der Waals surface area contributed by atoms with Gasteiger partial charge in [0.15, 0.2) is 5.17 Å². The standard InChI is InChI=1S/C25H21N5O2S2/c26-22-21(16-19-10-7-13-29(19)14-15-32-20-11-5-2-6-12-20)23(31)27-24-30(22)25(28-34-24)33-17-18-8-3-1-4-9-18/h1-13,16,26H,14-15,17H2. The lowest BCUT2D eigenvalue weighted by Gasteiger charge is -2.24. The van der Waals surface area contributed by atoms with Crippen LogP contribution >= 0.6 is 23.7 Å². The molecule has 2 aliphatic rings. The molecule has 0 unspecified atom stereocenters. The second-order valence-corrected chi connectivity index (χ2v) is 9.14. The minimum Gasteiger partial charge on any atom is -0.492 e. The number of para-hydroxylation sites is 1. The summed E-state index contributed by atoms with van der Waals surface area (Å²) in [7, 11) is 0. The van der Waals surface area contributed by atoms with Gasteiger partial charge in [-0.25, -0.2) is 4.90 Å². The molecule has 170 valence electrons. The number of aliphatic imine (C=N–C) groups is 1. The van der Waals surface area contributed by atoms with Crippen LogP contribution in [0.1, 0.15) is 11.3 Å². The quantitative estimate of drug-likeness (QED) is 0.371. The van der Waals surface area contributed by atoms with Gasteiger partial charge in [-0.3, -0.25) is 10.2 Å². The summed E-state index contributed by atoms with van der Waals surface area (Å²) in [6, 6.07) is 23.5. The molecule has 1 amide bonds. The first-order valence-corrected chi connectivity index (χ1v) is 12.4. The van der Waals surface area contributed by atoms with Gasteiger partial charge in [-0.2, -0.15) is 9.39 Å². The number of amidine groups is 3. The molecule has 0 bridgehead atoms. The van der Waals surface area contributed by atoms with Crippen LogP contribution in [0.3, 0.4) is 0 Å². The molecule has 7 nitrogen and oxygen atoms in total. The molecule has 0 saturated heterocycles. The average molecular weight is 488 g/mol. The summed E-state index contributed by atoms with van der Waals surface area (Å²) in [5.74, 6) is 1.19. The van der Waals surface area contributed by atoms with E-state index in [1.165, 1.54) is 11.8 Å². The highest BCUT2D eigenvalue weighted by Crippen LogP contribution is 2.33. The van der Waals surface area contributed by atoms with E-state index in [-0.39, 0.29) is 11.4 Å². The fourth-order valence-corrected chi connectivity index (χ4v) is 5.31. The van der Waals surface area contributed by atoms with Gasteiger partial charge in [0.2, 0.25) is 5.17 Å². The van der Waals surface area contributed by atoms with Crippen LogP contribution in [0.15, 0.2) is 94.0 Å². The van der Waals surface area contributed by atoms with Gasteiger partial charge < -0.3 is 9.30 Å². The van der Waals surface area contributed by atoms with Gasteiger partial charge in [-0.1, -0.05) is 60.3 Å². The van der Waals surface area contributed by atoms with Crippen LogP contribution in [0.2, 0.25) is 0 Å². The van der Waals surface area contributed by atoms with Crippen molar-refractivity contribution in [3.63, 3.8) is 0 Å². The van der Waals surface area contributed by atoms with E-state index in [9.17, 15) is 4.79 Å². The number of benzene rings is 2. The topological polar surface area (TPSA) is 83.0 Å². The van der Waals surface area contributed by atoms with Crippen LogP contribution in [0.25, 0.3) is 6.08 Å². The van der Waals surface area contributed by atoms with E-state index in [2.05, 4.69) is 21.5 Å². The van der Waals surface area contributed by atoms with Crippen molar-refractivity contribution >= 4 is 51.9 Å². The summed E-state index contributed by atoms with van der Waals surface area (Å²) in [6.45, 7) is 1.09. The maximum atomic E-state index is 12.7. The Morgan fingerprint density at radius 1 is 1.03 bits per heavy atom. The van der Waals surface area contributed by atoms with Crippen molar-refractivity contribution in [1.29, 1.82) is 5.41 Å². The summed E-state index contributed by atoms with van der Waals surface area (Å²) >= 11 is 2.65. The van der Waals surface area contributed by atoms with Gasteiger partial charge in [-0.15, -0.1) is 0 Å². The first-order valence-electron chi connectivity index (χ1n) is 10.7. The Labute approximate surface area is 205 Å². The third-order valence-electron chi connectivity index (χ3n) is 5.21. The Morgan fingerprint density at radius 3 is 2.59 bits per heavy atom. The number of aromatic nitrogens is 1. The summed E-state index contributed by atoms with van der Waals surface area (Å²) in [6.07, 6.45) is 3.65. The normalized spacial score (nSPS) is 16.5. The Bertz CT molecular complexity index is 1300. The maximum absolute atomic E-state index is 12.7. The number of hydrogen-bond acceptors (Lipinski definition) is 6. The second-order valence-electron chi connectivity index (χ2n) is 7.47. The monoisotopic (exact) mass is 487 g/mol. The molecule has 1 N–H and O–H groups in total. The van der Waals surface area contributed by atoms with Crippen LogP contribution in [-0.2, 0) is 17.1 Å². The highest BCUT2D eigenvalue weighted by atomic mass is 32.2. The van der Waals surface area contributed by atoms with Crippen molar-refractivity contribution in [2.75, 3.05) is 6.61 Å². The summed E-state index contributed by atoms with van der Waals surface area (Å²) < 4.78 is 12.2. The molecule has 3 heterocycles. The highest BCUT2D eigenvalue weighted by molar-refractivity contribution is 8.18. The number of amides is 1. The maximum Gasteiger partial charge on any atom is 0.283 e. The van der Waals surface area contributed by atoms with Gasteiger partial charge in [0.25, 0.3) is 5.91 Å². The second kappa shape index (κ2) is 10.1. The minimum absolute atomic E-state index is 0.0904. The molecular formula is C25H21N5O2S2. The number of nitrogens with zero attached hydrogens (tertiary/aromatic N) is 4. The van der Waals surface area contributed by atoms with Crippen LogP contribution in [-0.4, -0.2) is 38.2 Å². The van der Waals surface area contributed by atoms with Crippen LogP contribution < -0.4 is 4.74 Å². The van der Waals surface area contributed by atoms with Crippen LogP contribution in [0, 0.1) is 5.41 Å². The molecule has 0 fully saturated rings. The first kappa shape index (κ1) is 22.2. The van der Waals surface area contributed by atoms with Gasteiger partial charge in [-0.05, 0) is 35.9 Å². The largest absolute Gasteiger partial charge is 0.492 e. The molecule has 5 rings (SSSR count). The van der Waals surface area contributed by atoms with Crippen molar-refractivity contribution in [3.8, 4) is 5.75 Å². The molecule has 0 aliphatic carbocycles. The zero-order valence-corrected chi connectivity index (χ0v) is 19.8. The van der Waals surface area contributed by atoms with Crippen molar-refractivity contribution in [3.05, 3.63) is 95.8 Å². The Kier molecular flexibility index (Phi) is 6.64. The van der Waals surface area contributed by atoms with E-state index in [1.54, 1.807) is 11.0 Å². The Hall–Kier alpha value is -3.56. The number of carbonyl (C=O) groups excluding carboxylic acids is 1. The molecule has 0 atom stereocenters. The van der Waals surface area contributed by atoms with Crippen molar-refractivity contribution in [2.45, 2.75) is 12.3 Å². The van der Waals surface area contributed by atoms with Crippen molar-refractivity contribution in [2.24, 2.45) is 9.39 Å². The number of thioether (sulfide) groups is 1. The molecule has 0 radical (unpaired) electrons. The third kappa shape index (κ3) is 4.85. The number of rotatable bonds is 7. The number of ether oxygens (including phenoxy) is 1. The first-order chi connectivity index (χ1) is 16.7. The van der Waals surface area contributed by atoms with Gasteiger partial charge in [0.1, 0.15) is 18.2 Å². The molecule has 0 saturated carbocycles. The molecule has 2 aromatic carbocycles. The molecule has 2 aliphatic heterocycles. The third-order valence-corrected chi connectivity index (χ3v) is 7.03. The molecule has 34 heavy (non-hydrogen) atoms. The van der Waals surface area contributed by atoms with Crippen LogP contribution in [0.4, 0.5) is 0 Å². The average Bonchev–Trinajstić information content (AvgIpc) is 3.48. The SMILES string of the molecule is N=C1C(=Cc2cccn2CCOc2ccccc2)C(=O)N=C2SN=C(SCc3ccccc3)N12. The number of hydrogen-bond donors (Lipinski definition) is 1.